The number of aromatic nitrogens is 4. The lowest BCUT2D eigenvalue weighted by molar-refractivity contribution is 0.458. The molecule has 176 valence electrons. The highest BCUT2D eigenvalue weighted by Gasteiger charge is 2.30. The van der Waals surface area contributed by atoms with Crippen LogP contribution in [0.15, 0.2) is 76.3 Å². The fourth-order valence-corrected chi connectivity index (χ4v) is 5.26. The van der Waals surface area contributed by atoms with Crippen LogP contribution < -0.4 is 16.1 Å². The van der Waals surface area contributed by atoms with E-state index in [0.29, 0.717) is 29.6 Å². The molecule has 7 nitrogen and oxygen atoms in total. The first-order chi connectivity index (χ1) is 16.9. The standard InChI is InChI=1S/C28H27N5O2/c1-18-8-6-12-22(14-18)31-15-19(2)16-32-24-25(29-27(31)32)30(3)28(35)33(26(24)34)17-21-11-7-10-20-9-4-5-13-23(20)21/h4-14,19H,15-17H2,1-3H3. The van der Waals surface area contributed by atoms with E-state index in [0.717, 1.165) is 34.1 Å². The van der Waals surface area contributed by atoms with Gasteiger partial charge in [-0.25, -0.2) is 4.79 Å². The molecule has 35 heavy (non-hydrogen) atoms. The van der Waals surface area contributed by atoms with E-state index in [9.17, 15) is 9.59 Å². The van der Waals surface area contributed by atoms with Gasteiger partial charge in [0.1, 0.15) is 0 Å². The van der Waals surface area contributed by atoms with E-state index in [1.807, 2.05) is 53.1 Å². The van der Waals surface area contributed by atoms with E-state index in [4.69, 9.17) is 4.98 Å². The van der Waals surface area contributed by atoms with Crippen molar-refractivity contribution in [3.8, 4) is 0 Å². The van der Waals surface area contributed by atoms with Crippen LogP contribution in [0, 0.1) is 12.8 Å². The summed E-state index contributed by atoms with van der Waals surface area (Å²) in [5, 5.41) is 2.12. The molecule has 1 atom stereocenters. The van der Waals surface area contributed by atoms with E-state index in [2.05, 4.69) is 36.9 Å². The maximum Gasteiger partial charge on any atom is 0.332 e. The Bertz CT molecular complexity index is 1720. The van der Waals surface area contributed by atoms with Gasteiger partial charge in [0.05, 0.1) is 6.54 Å². The Balaban J connectivity index is 1.56. The largest absolute Gasteiger partial charge is 0.332 e. The van der Waals surface area contributed by atoms with Gasteiger partial charge in [0.2, 0.25) is 5.95 Å². The van der Waals surface area contributed by atoms with Crippen molar-refractivity contribution in [1.82, 2.24) is 18.7 Å². The van der Waals surface area contributed by atoms with Gasteiger partial charge in [0.25, 0.3) is 5.56 Å². The number of aryl methyl sites for hydroxylation is 2. The molecule has 6 rings (SSSR count). The van der Waals surface area contributed by atoms with Crippen molar-refractivity contribution in [2.75, 3.05) is 11.4 Å². The number of fused-ring (bicyclic) bond motifs is 4. The van der Waals surface area contributed by atoms with Crippen LogP contribution in [-0.4, -0.2) is 25.2 Å². The summed E-state index contributed by atoms with van der Waals surface area (Å²) in [6, 6.07) is 22.3. The summed E-state index contributed by atoms with van der Waals surface area (Å²) in [5.74, 6) is 1.02. The molecule has 0 N–H and O–H groups in total. The first-order valence-electron chi connectivity index (χ1n) is 11.9. The van der Waals surface area contributed by atoms with Gasteiger partial charge in [0, 0.05) is 25.8 Å². The molecule has 0 saturated heterocycles. The van der Waals surface area contributed by atoms with Crippen molar-refractivity contribution in [2.45, 2.75) is 26.9 Å². The van der Waals surface area contributed by atoms with E-state index < -0.39 is 0 Å². The molecule has 7 heteroatoms. The topological polar surface area (TPSA) is 65.1 Å². The average Bonchev–Trinajstić information content (AvgIpc) is 3.24. The van der Waals surface area contributed by atoms with Crippen molar-refractivity contribution in [1.29, 1.82) is 0 Å². The number of rotatable bonds is 3. The predicted octanol–water partition coefficient (Wildman–Crippen LogP) is 4.19. The smallest absolute Gasteiger partial charge is 0.312 e. The van der Waals surface area contributed by atoms with Crippen molar-refractivity contribution >= 4 is 33.6 Å². The fourth-order valence-electron chi connectivity index (χ4n) is 5.26. The molecule has 3 heterocycles. The molecular formula is C28H27N5O2. The highest BCUT2D eigenvalue weighted by molar-refractivity contribution is 5.85. The zero-order valence-electron chi connectivity index (χ0n) is 20.1. The molecule has 0 radical (unpaired) electrons. The summed E-state index contributed by atoms with van der Waals surface area (Å²) in [4.78, 5) is 34.2. The Labute approximate surface area is 202 Å². The van der Waals surface area contributed by atoms with Gasteiger partial charge in [-0.15, -0.1) is 0 Å². The second-order valence-corrected chi connectivity index (χ2v) is 9.62. The van der Waals surface area contributed by atoms with Gasteiger partial charge in [-0.1, -0.05) is 61.5 Å². The first-order valence-corrected chi connectivity index (χ1v) is 11.9. The molecule has 3 aromatic carbocycles. The Hall–Kier alpha value is -4.13. The monoisotopic (exact) mass is 465 g/mol. The molecule has 1 aliphatic rings. The van der Waals surface area contributed by atoms with Gasteiger partial charge < -0.3 is 9.47 Å². The second kappa shape index (κ2) is 7.98. The van der Waals surface area contributed by atoms with Gasteiger partial charge in [-0.2, -0.15) is 4.98 Å². The lowest BCUT2D eigenvalue weighted by atomic mass is 10.0. The summed E-state index contributed by atoms with van der Waals surface area (Å²) in [6.45, 7) is 5.92. The molecule has 1 unspecified atom stereocenters. The molecule has 0 spiro atoms. The number of hydrogen-bond donors (Lipinski definition) is 0. The third-order valence-corrected chi connectivity index (χ3v) is 6.96. The number of anilines is 2. The summed E-state index contributed by atoms with van der Waals surface area (Å²) >= 11 is 0. The zero-order chi connectivity index (χ0) is 24.3. The van der Waals surface area contributed by atoms with Gasteiger partial charge in [-0.3, -0.25) is 13.9 Å². The normalized spacial score (nSPS) is 15.6. The zero-order valence-corrected chi connectivity index (χ0v) is 20.1. The average molecular weight is 466 g/mol. The highest BCUT2D eigenvalue weighted by Crippen LogP contribution is 2.33. The summed E-state index contributed by atoms with van der Waals surface area (Å²) in [7, 11) is 1.70. The molecular weight excluding hydrogens is 438 g/mol. The van der Waals surface area contributed by atoms with E-state index >= 15 is 0 Å². The Morgan fingerprint density at radius 1 is 0.971 bits per heavy atom. The van der Waals surface area contributed by atoms with Gasteiger partial charge >= 0.3 is 5.69 Å². The van der Waals surface area contributed by atoms with Crippen LogP contribution in [0.2, 0.25) is 0 Å². The maximum absolute atomic E-state index is 13.8. The lowest BCUT2D eigenvalue weighted by Gasteiger charge is -2.33. The molecule has 2 aromatic heterocycles. The van der Waals surface area contributed by atoms with Crippen LogP contribution in [0.3, 0.4) is 0 Å². The van der Waals surface area contributed by atoms with Crippen molar-refractivity contribution < 1.29 is 0 Å². The van der Waals surface area contributed by atoms with Crippen LogP contribution in [0.5, 0.6) is 0 Å². The highest BCUT2D eigenvalue weighted by atomic mass is 16.2. The maximum atomic E-state index is 13.8. The Morgan fingerprint density at radius 2 is 1.74 bits per heavy atom. The van der Waals surface area contributed by atoms with Crippen LogP contribution in [0.1, 0.15) is 18.1 Å². The second-order valence-electron chi connectivity index (χ2n) is 9.62. The SMILES string of the molecule is Cc1cccc(N2CC(C)Cn3c2nc2c3c(=O)n(Cc3cccc4ccccc34)c(=O)n2C)c1. The molecule has 5 aromatic rings. The molecule has 0 aliphatic carbocycles. The molecule has 0 fully saturated rings. The van der Waals surface area contributed by atoms with E-state index in [1.165, 1.54) is 9.13 Å². The van der Waals surface area contributed by atoms with Crippen molar-refractivity contribution in [3.05, 3.63) is 98.7 Å². The lowest BCUT2D eigenvalue weighted by Crippen LogP contribution is -2.40. The minimum Gasteiger partial charge on any atom is -0.312 e. The number of hydrogen-bond acceptors (Lipinski definition) is 4. The molecule has 0 bridgehead atoms. The fraction of sp³-hybridized carbons (Fsp3) is 0.250. The number of benzene rings is 3. The minimum atomic E-state index is -0.360. The van der Waals surface area contributed by atoms with Gasteiger partial charge in [0.15, 0.2) is 11.2 Å². The van der Waals surface area contributed by atoms with Crippen molar-refractivity contribution in [2.24, 2.45) is 13.0 Å². The molecule has 0 amide bonds. The van der Waals surface area contributed by atoms with Crippen LogP contribution >= 0.6 is 0 Å². The summed E-state index contributed by atoms with van der Waals surface area (Å²) in [6.07, 6.45) is 0. The van der Waals surface area contributed by atoms with E-state index in [-0.39, 0.29) is 17.8 Å². The molecule has 1 aliphatic heterocycles. The first kappa shape index (κ1) is 21.4. The van der Waals surface area contributed by atoms with Crippen LogP contribution in [0.4, 0.5) is 11.6 Å². The third-order valence-electron chi connectivity index (χ3n) is 6.96. The minimum absolute atomic E-state index is 0.209. The quantitative estimate of drug-likeness (QED) is 0.401. The third kappa shape index (κ3) is 3.38. The Morgan fingerprint density at radius 3 is 2.57 bits per heavy atom. The molecule has 0 saturated carbocycles. The Kier molecular flexibility index (Phi) is 4.88. The summed E-state index contributed by atoms with van der Waals surface area (Å²) in [5.41, 5.74) is 3.38. The van der Waals surface area contributed by atoms with Crippen LogP contribution in [0.25, 0.3) is 21.9 Å². The van der Waals surface area contributed by atoms with Gasteiger partial charge in [-0.05, 0) is 46.9 Å². The van der Waals surface area contributed by atoms with Crippen LogP contribution in [-0.2, 0) is 20.1 Å². The van der Waals surface area contributed by atoms with E-state index in [1.54, 1.807) is 7.05 Å². The summed E-state index contributed by atoms with van der Waals surface area (Å²) < 4.78 is 4.84. The predicted molar refractivity (Wildman–Crippen MR) is 140 cm³/mol. The number of imidazole rings is 1. The number of nitrogens with zero attached hydrogens (tertiary/aromatic N) is 5. The van der Waals surface area contributed by atoms with Crippen molar-refractivity contribution in [3.63, 3.8) is 0 Å².